The molecule has 2 aliphatic rings. The second-order valence-electron chi connectivity index (χ2n) is 4.98. The lowest BCUT2D eigenvalue weighted by Crippen LogP contribution is -2.59. The number of nitrogens with two attached hydrogens (primary N) is 1. The van der Waals surface area contributed by atoms with Crippen molar-refractivity contribution < 1.29 is 0 Å². The van der Waals surface area contributed by atoms with Gasteiger partial charge in [-0.2, -0.15) is 0 Å². The molecule has 0 aliphatic carbocycles. The predicted molar refractivity (Wildman–Crippen MR) is 70.7 cm³/mol. The molecule has 5 nitrogen and oxygen atoms in total. The molecule has 2 fully saturated rings. The first-order valence-electron chi connectivity index (χ1n) is 6.85. The van der Waals surface area contributed by atoms with Crippen LogP contribution in [0.5, 0.6) is 0 Å². The molecule has 0 saturated carbocycles. The molecule has 0 bridgehead atoms. The number of hydrogen-bond donors (Lipinski definition) is 2. The van der Waals surface area contributed by atoms with Crippen molar-refractivity contribution in [2.75, 3.05) is 32.7 Å². The Balaban J connectivity index is 1.93. The Bertz CT molecular complexity index is 266. The number of guanidine groups is 1. The van der Waals surface area contributed by atoms with E-state index in [2.05, 4.69) is 27.1 Å². The molecule has 1 atom stereocenters. The van der Waals surface area contributed by atoms with Gasteiger partial charge in [-0.05, 0) is 25.8 Å². The molecule has 2 heterocycles. The van der Waals surface area contributed by atoms with Crippen molar-refractivity contribution in [2.45, 2.75) is 38.6 Å². The van der Waals surface area contributed by atoms with Gasteiger partial charge in [-0.15, -0.1) is 0 Å². The number of nitrogens with zero attached hydrogens (tertiary/aromatic N) is 3. The first-order valence-corrected chi connectivity index (χ1v) is 6.85. The van der Waals surface area contributed by atoms with Crippen molar-refractivity contribution in [3.63, 3.8) is 0 Å². The summed E-state index contributed by atoms with van der Waals surface area (Å²) in [6.07, 6.45) is 5.12. The predicted octanol–water partition coefficient (Wildman–Crippen LogP) is 0.386. The molecular weight excluding hydrogens is 214 g/mol. The summed E-state index contributed by atoms with van der Waals surface area (Å²) in [5.74, 6) is 6.45. The topological polar surface area (TPSA) is 56.9 Å². The zero-order chi connectivity index (χ0) is 12.1. The van der Waals surface area contributed by atoms with Gasteiger partial charge in [-0.25, -0.2) is 5.84 Å². The lowest BCUT2D eigenvalue weighted by atomic mass is 10.00. The molecule has 0 radical (unpaired) electrons. The fraction of sp³-hybridized carbons (Fsp3) is 0.917. The maximum absolute atomic E-state index is 5.58. The molecule has 1 unspecified atom stereocenters. The van der Waals surface area contributed by atoms with Gasteiger partial charge in [0.15, 0.2) is 0 Å². The van der Waals surface area contributed by atoms with E-state index in [0.29, 0.717) is 6.04 Å². The summed E-state index contributed by atoms with van der Waals surface area (Å²) in [7, 11) is 0. The SMILES string of the molecule is CCCN=C(NN)N1CCN2CCCCC2C1. The summed E-state index contributed by atoms with van der Waals surface area (Å²) < 4.78 is 0. The largest absolute Gasteiger partial charge is 0.339 e. The van der Waals surface area contributed by atoms with Crippen LogP contribution in [0, 0.1) is 0 Å². The van der Waals surface area contributed by atoms with Crippen LogP contribution < -0.4 is 11.3 Å². The van der Waals surface area contributed by atoms with Crippen LogP contribution in [-0.4, -0.2) is 54.5 Å². The van der Waals surface area contributed by atoms with Crippen molar-refractivity contribution in [2.24, 2.45) is 10.8 Å². The minimum atomic E-state index is 0.706. The van der Waals surface area contributed by atoms with E-state index in [0.717, 1.165) is 38.6 Å². The summed E-state index contributed by atoms with van der Waals surface area (Å²) >= 11 is 0. The van der Waals surface area contributed by atoms with Crippen LogP contribution in [0.15, 0.2) is 4.99 Å². The van der Waals surface area contributed by atoms with E-state index < -0.39 is 0 Å². The zero-order valence-corrected chi connectivity index (χ0v) is 10.9. The zero-order valence-electron chi connectivity index (χ0n) is 10.9. The normalized spacial score (nSPS) is 26.8. The standard InChI is InChI=1S/C12H25N5/c1-2-6-14-12(15-13)17-9-8-16-7-4-3-5-11(16)10-17/h11H,2-10,13H2,1H3,(H,14,15). The molecule has 0 aromatic rings. The Kier molecular flexibility index (Phi) is 4.62. The minimum absolute atomic E-state index is 0.706. The van der Waals surface area contributed by atoms with Gasteiger partial charge in [0.2, 0.25) is 5.96 Å². The average molecular weight is 239 g/mol. The molecule has 0 aromatic heterocycles. The summed E-state index contributed by atoms with van der Waals surface area (Å²) in [5, 5.41) is 0. The van der Waals surface area contributed by atoms with E-state index in [-0.39, 0.29) is 0 Å². The third-order valence-electron chi connectivity index (χ3n) is 3.75. The molecule has 0 amide bonds. The van der Waals surface area contributed by atoms with Crippen LogP contribution in [0.25, 0.3) is 0 Å². The Morgan fingerprint density at radius 1 is 1.35 bits per heavy atom. The van der Waals surface area contributed by atoms with E-state index in [9.17, 15) is 0 Å². The highest BCUT2D eigenvalue weighted by Gasteiger charge is 2.29. The van der Waals surface area contributed by atoms with Crippen LogP contribution in [0.3, 0.4) is 0 Å². The molecule has 2 saturated heterocycles. The van der Waals surface area contributed by atoms with Crippen LogP contribution in [0.4, 0.5) is 0 Å². The number of hydrazine groups is 1. The van der Waals surface area contributed by atoms with E-state index in [1.54, 1.807) is 0 Å². The third-order valence-corrected chi connectivity index (χ3v) is 3.75. The third kappa shape index (κ3) is 3.10. The van der Waals surface area contributed by atoms with E-state index in [1.165, 1.54) is 25.8 Å². The van der Waals surface area contributed by atoms with Gasteiger partial charge >= 0.3 is 0 Å². The summed E-state index contributed by atoms with van der Waals surface area (Å²) in [6.45, 7) is 7.53. The quantitative estimate of drug-likeness (QED) is 0.317. The number of piperidine rings is 1. The van der Waals surface area contributed by atoms with Gasteiger partial charge in [0.05, 0.1) is 0 Å². The summed E-state index contributed by atoms with van der Waals surface area (Å²) in [6, 6.07) is 0.706. The molecule has 0 spiro atoms. The molecule has 98 valence electrons. The number of hydrogen-bond acceptors (Lipinski definition) is 3. The van der Waals surface area contributed by atoms with Gasteiger partial charge < -0.3 is 4.90 Å². The van der Waals surface area contributed by atoms with Gasteiger partial charge in [0.25, 0.3) is 0 Å². The van der Waals surface area contributed by atoms with Crippen molar-refractivity contribution >= 4 is 5.96 Å². The number of aliphatic imine (C=N–C) groups is 1. The monoisotopic (exact) mass is 239 g/mol. The molecule has 3 N–H and O–H groups in total. The molecule has 2 rings (SSSR count). The smallest absolute Gasteiger partial charge is 0.208 e. The Morgan fingerprint density at radius 2 is 2.24 bits per heavy atom. The van der Waals surface area contributed by atoms with Crippen LogP contribution in [0.1, 0.15) is 32.6 Å². The molecule has 5 heteroatoms. The maximum atomic E-state index is 5.58. The number of rotatable bonds is 2. The number of piperazine rings is 1. The molecule has 17 heavy (non-hydrogen) atoms. The van der Waals surface area contributed by atoms with Gasteiger partial charge in [-0.3, -0.25) is 15.3 Å². The van der Waals surface area contributed by atoms with E-state index in [4.69, 9.17) is 5.84 Å². The van der Waals surface area contributed by atoms with Gasteiger partial charge in [0, 0.05) is 32.2 Å². The second-order valence-corrected chi connectivity index (χ2v) is 4.98. The molecule has 0 aromatic carbocycles. The van der Waals surface area contributed by atoms with Crippen LogP contribution in [-0.2, 0) is 0 Å². The lowest BCUT2D eigenvalue weighted by molar-refractivity contribution is 0.0786. The fourth-order valence-corrected chi connectivity index (χ4v) is 2.80. The van der Waals surface area contributed by atoms with Crippen molar-refractivity contribution in [1.82, 2.24) is 15.2 Å². The molecule has 2 aliphatic heterocycles. The summed E-state index contributed by atoms with van der Waals surface area (Å²) in [4.78, 5) is 9.44. The highest BCUT2D eigenvalue weighted by atomic mass is 15.4. The number of fused-ring (bicyclic) bond motifs is 1. The van der Waals surface area contributed by atoms with Gasteiger partial charge in [-0.1, -0.05) is 13.3 Å². The first-order chi connectivity index (χ1) is 8.35. The maximum Gasteiger partial charge on any atom is 0.208 e. The summed E-state index contributed by atoms with van der Waals surface area (Å²) in [5.41, 5.74) is 2.76. The van der Waals surface area contributed by atoms with E-state index in [1.807, 2.05) is 0 Å². The fourth-order valence-electron chi connectivity index (χ4n) is 2.80. The van der Waals surface area contributed by atoms with Crippen molar-refractivity contribution in [1.29, 1.82) is 0 Å². The first kappa shape index (κ1) is 12.6. The minimum Gasteiger partial charge on any atom is -0.339 e. The van der Waals surface area contributed by atoms with Crippen molar-refractivity contribution in [3.05, 3.63) is 0 Å². The highest BCUT2D eigenvalue weighted by molar-refractivity contribution is 5.79. The Labute approximate surface area is 104 Å². The van der Waals surface area contributed by atoms with Crippen LogP contribution >= 0.6 is 0 Å². The van der Waals surface area contributed by atoms with Crippen molar-refractivity contribution in [3.8, 4) is 0 Å². The lowest BCUT2D eigenvalue weighted by Gasteiger charge is -2.44. The Hall–Kier alpha value is -0.810. The number of nitrogens with one attached hydrogen (secondary N) is 1. The molecular formula is C12H25N5. The second kappa shape index (κ2) is 6.21. The van der Waals surface area contributed by atoms with E-state index >= 15 is 0 Å². The Morgan fingerprint density at radius 3 is 3.00 bits per heavy atom. The highest BCUT2D eigenvalue weighted by Crippen LogP contribution is 2.20. The average Bonchev–Trinajstić information content (AvgIpc) is 2.39. The van der Waals surface area contributed by atoms with Crippen LogP contribution in [0.2, 0.25) is 0 Å². The van der Waals surface area contributed by atoms with Gasteiger partial charge in [0.1, 0.15) is 0 Å².